The number of allylic oxidation sites excluding steroid dienone is 1. The molecule has 1 fully saturated rings. The molecule has 17 heavy (non-hydrogen) atoms. The Morgan fingerprint density at radius 1 is 1.47 bits per heavy atom. The van der Waals surface area contributed by atoms with Gasteiger partial charge < -0.3 is 0 Å². The molecule has 1 saturated carbocycles. The molecule has 94 valence electrons. The van der Waals surface area contributed by atoms with Gasteiger partial charge >= 0.3 is 0 Å². The fraction of sp³-hybridized carbons (Fsp3) is 0.692. The number of nitrogens with zero attached hydrogens (tertiary/aromatic N) is 2. The molecule has 1 unspecified atom stereocenters. The third-order valence-electron chi connectivity index (χ3n) is 3.34. The molecule has 1 aliphatic carbocycles. The maximum atomic E-state index is 4.46. The second-order valence-corrected chi connectivity index (χ2v) is 4.75. The minimum absolute atomic E-state index is 0.0494. The van der Waals surface area contributed by atoms with Crippen molar-refractivity contribution >= 4 is 11.4 Å². The van der Waals surface area contributed by atoms with Crippen LogP contribution in [0.3, 0.4) is 0 Å². The largest absolute Gasteiger partial charge is 0.283 e. The summed E-state index contributed by atoms with van der Waals surface area (Å²) in [7, 11) is 0. The van der Waals surface area contributed by atoms with Gasteiger partial charge in [-0.2, -0.15) is 10.2 Å². The van der Waals surface area contributed by atoms with Gasteiger partial charge in [0.25, 0.3) is 0 Å². The lowest BCUT2D eigenvalue weighted by molar-refractivity contribution is 0.515. The highest BCUT2D eigenvalue weighted by Gasteiger charge is 2.18. The van der Waals surface area contributed by atoms with Crippen LogP contribution in [-0.4, -0.2) is 17.6 Å². The second-order valence-electron chi connectivity index (χ2n) is 4.75. The van der Waals surface area contributed by atoms with Crippen LogP contribution in [-0.2, 0) is 0 Å². The van der Waals surface area contributed by atoms with Crippen LogP contribution in [0.4, 0.5) is 0 Å². The molecule has 2 aliphatic rings. The Hall–Kier alpha value is -1.32. The number of rotatable bonds is 3. The van der Waals surface area contributed by atoms with Gasteiger partial charge in [0.1, 0.15) is 6.17 Å². The van der Waals surface area contributed by atoms with Crippen molar-refractivity contribution in [2.45, 2.75) is 58.5 Å². The first-order valence-corrected chi connectivity index (χ1v) is 6.61. The number of nitrogens with one attached hydrogen (secondary N) is 2. The zero-order chi connectivity index (χ0) is 12.1. The van der Waals surface area contributed by atoms with E-state index in [1.54, 1.807) is 0 Å². The normalized spacial score (nSPS) is 25.1. The van der Waals surface area contributed by atoms with E-state index in [9.17, 15) is 0 Å². The van der Waals surface area contributed by atoms with Gasteiger partial charge in [-0.1, -0.05) is 13.3 Å². The van der Waals surface area contributed by atoms with Crippen molar-refractivity contribution in [2.75, 3.05) is 0 Å². The summed E-state index contributed by atoms with van der Waals surface area (Å²) in [4.78, 5) is 0. The van der Waals surface area contributed by atoms with Crippen LogP contribution < -0.4 is 10.9 Å². The molecule has 2 rings (SSSR count). The Balaban J connectivity index is 1.98. The van der Waals surface area contributed by atoms with Gasteiger partial charge in [0.2, 0.25) is 0 Å². The first-order chi connectivity index (χ1) is 8.29. The second kappa shape index (κ2) is 5.84. The van der Waals surface area contributed by atoms with E-state index in [4.69, 9.17) is 0 Å². The lowest BCUT2D eigenvalue weighted by Gasteiger charge is -2.21. The van der Waals surface area contributed by atoms with Gasteiger partial charge in [0, 0.05) is 5.71 Å². The standard InChI is InChI=1S/C13H22N4/c1-3-10(2)14-16-13-9-11-7-5-4-6-8-12(11)15-17-13/h9,13,16-17H,3-8H2,1-2H3/b14-10+. The highest BCUT2D eigenvalue weighted by Crippen LogP contribution is 2.22. The van der Waals surface area contributed by atoms with Crippen molar-refractivity contribution in [1.82, 2.24) is 10.9 Å². The van der Waals surface area contributed by atoms with Crippen LogP contribution in [0.15, 0.2) is 21.9 Å². The van der Waals surface area contributed by atoms with E-state index in [-0.39, 0.29) is 6.17 Å². The third-order valence-corrected chi connectivity index (χ3v) is 3.34. The fourth-order valence-corrected chi connectivity index (χ4v) is 2.11. The summed E-state index contributed by atoms with van der Waals surface area (Å²) in [6, 6.07) is 0. The molecule has 0 aromatic heterocycles. The molecule has 4 heteroatoms. The molecule has 0 spiro atoms. The van der Waals surface area contributed by atoms with Crippen molar-refractivity contribution < 1.29 is 0 Å². The molecule has 4 nitrogen and oxygen atoms in total. The van der Waals surface area contributed by atoms with Gasteiger partial charge in [-0.25, -0.2) is 0 Å². The predicted octanol–water partition coefficient (Wildman–Crippen LogP) is 2.54. The Bertz CT molecular complexity index is 354. The molecule has 0 aromatic carbocycles. The van der Waals surface area contributed by atoms with E-state index in [0.29, 0.717) is 0 Å². The van der Waals surface area contributed by atoms with E-state index >= 15 is 0 Å². The van der Waals surface area contributed by atoms with Crippen LogP contribution in [0.5, 0.6) is 0 Å². The summed E-state index contributed by atoms with van der Waals surface area (Å²) in [6.07, 6.45) is 9.41. The molecule has 0 radical (unpaired) electrons. The number of hydrogen-bond acceptors (Lipinski definition) is 4. The van der Waals surface area contributed by atoms with E-state index < -0.39 is 0 Å². The predicted molar refractivity (Wildman–Crippen MR) is 72.1 cm³/mol. The van der Waals surface area contributed by atoms with Gasteiger partial charge in [-0.05, 0) is 50.7 Å². The molecular weight excluding hydrogens is 212 g/mol. The molecule has 2 N–H and O–H groups in total. The van der Waals surface area contributed by atoms with E-state index in [2.05, 4.69) is 34.1 Å². The molecular formula is C13H22N4. The maximum absolute atomic E-state index is 4.46. The monoisotopic (exact) mass is 234 g/mol. The van der Waals surface area contributed by atoms with Crippen molar-refractivity contribution in [2.24, 2.45) is 10.2 Å². The Morgan fingerprint density at radius 2 is 2.29 bits per heavy atom. The van der Waals surface area contributed by atoms with Crippen LogP contribution in [0.2, 0.25) is 0 Å². The minimum Gasteiger partial charge on any atom is -0.283 e. The summed E-state index contributed by atoms with van der Waals surface area (Å²) in [5, 5.41) is 8.78. The Labute approximate surface area is 103 Å². The maximum Gasteiger partial charge on any atom is 0.148 e. The number of hydrazone groups is 2. The Morgan fingerprint density at radius 3 is 3.12 bits per heavy atom. The Kier molecular flexibility index (Phi) is 4.18. The molecule has 0 aromatic rings. The zero-order valence-electron chi connectivity index (χ0n) is 10.8. The van der Waals surface area contributed by atoms with Gasteiger partial charge in [0.15, 0.2) is 0 Å². The average Bonchev–Trinajstić information content (AvgIpc) is 2.60. The summed E-state index contributed by atoms with van der Waals surface area (Å²) >= 11 is 0. The quantitative estimate of drug-likeness (QED) is 0.582. The van der Waals surface area contributed by atoms with Crippen molar-refractivity contribution in [3.8, 4) is 0 Å². The molecule has 0 bridgehead atoms. The first kappa shape index (κ1) is 12.1. The number of fused-ring (bicyclic) bond motifs is 1. The first-order valence-electron chi connectivity index (χ1n) is 6.61. The van der Waals surface area contributed by atoms with Gasteiger partial charge in [0.05, 0.1) is 5.71 Å². The van der Waals surface area contributed by atoms with Gasteiger partial charge in [-0.3, -0.25) is 10.9 Å². The molecule has 0 saturated heterocycles. The molecule has 1 atom stereocenters. The van der Waals surface area contributed by atoms with Crippen molar-refractivity contribution in [3.05, 3.63) is 11.6 Å². The van der Waals surface area contributed by atoms with E-state index in [1.807, 2.05) is 6.92 Å². The summed E-state index contributed by atoms with van der Waals surface area (Å²) in [5.41, 5.74) is 10.0. The lowest BCUT2D eigenvalue weighted by Crippen LogP contribution is -2.39. The topological polar surface area (TPSA) is 48.8 Å². The molecule has 0 amide bonds. The van der Waals surface area contributed by atoms with Crippen LogP contribution in [0.1, 0.15) is 52.4 Å². The minimum atomic E-state index is 0.0494. The smallest absolute Gasteiger partial charge is 0.148 e. The van der Waals surface area contributed by atoms with Crippen LogP contribution in [0.25, 0.3) is 0 Å². The van der Waals surface area contributed by atoms with Gasteiger partial charge in [-0.15, -0.1) is 0 Å². The number of hydrogen-bond donors (Lipinski definition) is 2. The van der Waals surface area contributed by atoms with Crippen molar-refractivity contribution in [1.29, 1.82) is 0 Å². The summed E-state index contributed by atoms with van der Waals surface area (Å²) < 4.78 is 0. The van der Waals surface area contributed by atoms with Crippen molar-refractivity contribution in [3.63, 3.8) is 0 Å². The zero-order valence-corrected chi connectivity index (χ0v) is 10.8. The van der Waals surface area contributed by atoms with Crippen LogP contribution in [0, 0.1) is 0 Å². The molecule has 1 aliphatic heterocycles. The SMILES string of the molecule is CC/C(C)=N/NC1C=C2CCCCCC2=NN1. The molecule has 1 heterocycles. The highest BCUT2D eigenvalue weighted by molar-refractivity contribution is 6.00. The van der Waals surface area contributed by atoms with E-state index in [1.165, 1.54) is 30.5 Å². The van der Waals surface area contributed by atoms with Crippen LogP contribution >= 0.6 is 0 Å². The fourth-order valence-electron chi connectivity index (χ4n) is 2.11. The lowest BCUT2D eigenvalue weighted by atomic mass is 10.0. The summed E-state index contributed by atoms with van der Waals surface area (Å²) in [5.74, 6) is 0. The summed E-state index contributed by atoms with van der Waals surface area (Å²) in [6.45, 7) is 4.14. The van der Waals surface area contributed by atoms with E-state index in [0.717, 1.165) is 25.0 Å². The highest BCUT2D eigenvalue weighted by atomic mass is 15.5. The average molecular weight is 234 g/mol. The third kappa shape index (κ3) is 3.32.